The number of likely N-dealkylation sites (tertiary alicyclic amines) is 1. The molecular weight excluding hydrogens is 722 g/mol. The Morgan fingerprint density at radius 1 is 0.946 bits per heavy atom. The van der Waals surface area contributed by atoms with E-state index in [1.54, 1.807) is 24.8 Å². The number of carbonyl (C=O) groups excluding carboxylic acids is 1. The fraction of sp³-hybridized carbons (Fsp3) is 0.525. The molecule has 56 heavy (non-hydrogen) atoms. The number of nitrogens with one attached hydrogen (secondary N) is 1. The quantitative estimate of drug-likeness (QED) is 0.179. The van der Waals surface area contributed by atoms with Gasteiger partial charge >= 0.3 is 12.2 Å². The number of aryl methyl sites for hydroxylation is 2. The molecule has 1 N–H and O–H groups in total. The smallest absolute Gasteiger partial charge is 0.335 e. The largest absolute Gasteiger partial charge is 0.405 e. The van der Waals surface area contributed by atoms with E-state index in [1.165, 1.54) is 37.5 Å². The number of amides is 2. The van der Waals surface area contributed by atoms with Crippen LogP contribution in [0.15, 0.2) is 55.6 Å². The van der Waals surface area contributed by atoms with Crippen LogP contribution in [0.5, 0.6) is 0 Å². The van der Waals surface area contributed by atoms with Crippen LogP contribution in [0.3, 0.4) is 0 Å². The molecule has 2 unspecified atom stereocenters. The Labute approximate surface area is 326 Å². The third kappa shape index (κ3) is 10.0. The summed E-state index contributed by atoms with van der Waals surface area (Å²) in [5, 5.41) is 14.9. The molecule has 2 amide bonds. The molecule has 1 aliphatic heterocycles. The summed E-state index contributed by atoms with van der Waals surface area (Å²) in [6.07, 6.45) is 14.9. The van der Waals surface area contributed by atoms with Crippen molar-refractivity contribution in [3.63, 3.8) is 0 Å². The fourth-order valence-electron chi connectivity index (χ4n) is 7.38. The summed E-state index contributed by atoms with van der Waals surface area (Å²) in [7, 11) is 3.91. The molecule has 2 atom stereocenters. The van der Waals surface area contributed by atoms with Crippen molar-refractivity contribution < 1.29 is 18.0 Å². The highest BCUT2D eigenvalue weighted by Crippen LogP contribution is 2.36. The van der Waals surface area contributed by atoms with Crippen LogP contribution in [-0.4, -0.2) is 80.0 Å². The minimum absolute atomic E-state index is 0.0116. The first-order valence-corrected chi connectivity index (χ1v) is 19.5. The van der Waals surface area contributed by atoms with Crippen molar-refractivity contribution in [3.8, 4) is 17.3 Å². The predicted molar refractivity (Wildman–Crippen MR) is 213 cm³/mol. The minimum Gasteiger partial charge on any atom is -0.335 e. The number of fused-ring (bicyclic) bond motifs is 4. The highest BCUT2D eigenvalue weighted by atomic mass is 19.4. The molecule has 8 rings (SSSR count). The number of aromatic nitrogens is 9. The standard InChI is InChI=1S/C18H21F3N6O.C16H19N5.C2H3N.2C2H6/c1-3-11-8-26(17(28)24-10-18(19,20)21)9-12(11)14-6-22-15-7-23-16-13(27(14)15)4-5-25(16)2;1-20-7-6-14-15(17-11-18-16(14)20)13-8-19-21(10-13)9-12-4-2-3-5-12;1-2-3;2*1-2/h4-7,11-12H,3,8-10H2,1-2H3,(H,24,28);6-8,10-12H,2-5,9H2,1H3;1H3;2*1-2H3. The number of hydrogen-bond donors (Lipinski definition) is 1. The van der Waals surface area contributed by atoms with Crippen LogP contribution in [0.4, 0.5) is 18.0 Å². The Hall–Kier alpha value is -5.46. The number of nitriles is 1. The van der Waals surface area contributed by atoms with Crippen LogP contribution in [0.2, 0.25) is 0 Å². The molecule has 2 aliphatic rings. The van der Waals surface area contributed by atoms with Gasteiger partial charge in [-0.05, 0) is 36.8 Å². The van der Waals surface area contributed by atoms with Crippen molar-refractivity contribution in [1.29, 1.82) is 5.26 Å². The molecule has 1 saturated heterocycles. The summed E-state index contributed by atoms with van der Waals surface area (Å²) in [6, 6.07) is 5.10. The van der Waals surface area contributed by atoms with Gasteiger partial charge in [0.2, 0.25) is 0 Å². The van der Waals surface area contributed by atoms with E-state index >= 15 is 0 Å². The maximum Gasteiger partial charge on any atom is 0.405 e. The second-order valence-corrected chi connectivity index (χ2v) is 13.4. The molecule has 1 saturated carbocycles. The average Bonchev–Trinajstić information content (AvgIpc) is 4.06. The summed E-state index contributed by atoms with van der Waals surface area (Å²) >= 11 is 0. The number of rotatable bonds is 6. The van der Waals surface area contributed by atoms with Crippen LogP contribution in [0, 0.1) is 23.2 Å². The topological polar surface area (TPSA) is 140 Å². The van der Waals surface area contributed by atoms with Crippen molar-refractivity contribution in [2.24, 2.45) is 25.9 Å². The van der Waals surface area contributed by atoms with Gasteiger partial charge in [0.15, 0.2) is 11.3 Å². The molecule has 2 fully saturated rings. The molecule has 0 radical (unpaired) electrons. The van der Waals surface area contributed by atoms with E-state index in [0.717, 1.165) is 58.0 Å². The summed E-state index contributed by atoms with van der Waals surface area (Å²) < 4.78 is 45.3. The number of carbonyl (C=O) groups is 1. The van der Waals surface area contributed by atoms with Crippen LogP contribution in [-0.2, 0) is 20.6 Å². The molecule has 0 aromatic carbocycles. The third-order valence-electron chi connectivity index (χ3n) is 9.94. The lowest BCUT2D eigenvalue weighted by atomic mass is 9.91. The van der Waals surface area contributed by atoms with Gasteiger partial charge in [0.1, 0.15) is 18.5 Å². The van der Waals surface area contributed by atoms with Crippen LogP contribution >= 0.6 is 0 Å². The van der Waals surface area contributed by atoms with Gasteiger partial charge in [-0.1, -0.05) is 53.9 Å². The maximum atomic E-state index is 12.4. The van der Waals surface area contributed by atoms with Gasteiger partial charge in [-0.15, -0.1) is 0 Å². The summed E-state index contributed by atoms with van der Waals surface area (Å²) in [6.45, 7) is 11.9. The van der Waals surface area contributed by atoms with Gasteiger partial charge in [-0.3, -0.25) is 9.08 Å². The highest BCUT2D eigenvalue weighted by Gasteiger charge is 2.38. The van der Waals surface area contributed by atoms with Crippen LogP contribution in [0.25, 0.3) is 39.1 Å². The average molecular weight is 777 g/mol. The van der Waals surface area contributed by atoms with E-state index in [9.17, 15) is 18.0 Å². The van der Waals surface area contributed by atoms with Gasteiger partial charge in [0.05, 0.1) is 29.7 Å². The number of alkyl halides is 3. The van der Waals surface area contributed by atoms with Crippen molar-refractivity contribution in [2.75, 3.05) is 19.6 Å². The molecule has 0 spiro atoms. The number of halogens is 3. The van der Waals surface area contributed by atoms with Gasteiger partial charge in [0, 0.05) is 88.0 Å². The first-order chi connectivity index (χ1) is 27.0. The number of imidazole rings is 1. The number of nitrogens with zero attached hydrogens (tertiary/aromatic N) is 11. The molecule has 13 nitrogen and oxygen atoms in total. The molecule has 302 valence electrons. The zero-order valence-electron chi connectivity index (χ0n) is 33.8. The zero-order valence-corrected chi connectivity index (χ0v) is 33.8. The molecule has 6 aromatic heterocycles. The van der Waals surface area contributed by atoms with Gasteiger partial charge < -0.3 is 19.4 Å². The normalized spacial score (nSPS) is 16.6. The highest BCUT2D eigenvalue weighted by molar-refractivity contribution is 5.90. The van der Waals surface area contributed by atoms with E-state index in [1.807, 2.05) is 92.2 Å². The summed E-state index contributed by atoms with van der Waals surface area (Å²) in [5.41, 5.74) is 6.41. The lowest BCUT2D eigenvalue weighted by molar-refractivity contribution is -0.123. The van der Waals surface area contributed by atoms with Crippen LogP contribution in [0.1, 0.15) is 85.3 Å². The molecule has 1 aliphatic carbocycles. The van der Waals surface area contributed by atoms with Crippen molar-refractivity contribution in [1.82, 2.24) is 53.5 Å². The summed E-state index contributed by atoms with van der Waals surface area (Å²) in [4.78, 5) is 31.4. The second-order valence-electron chi connectivity index (χ2n) is 13.4. The molecule has 16 heteroatoms. The minimum atomic E-state index is -4.42. The first kappa shape index (κ1) is 43.3. The first-order valence-electron chi connectivity index (χ1n) is 19.5. The fourth-order valence-corrected chi connectivity index (χ4v) is 7.38. The predicted octanol–water partition coefficient (Wildman–Crippen LogP) is 8.52. The van der Waals surface area contributed by atoms with Crippen LogP contribution < -0.4 is 5.32 Å². The van der Waals surface area contributed by atoms with Crippen molar-refractivity contribution in [3.05, 3.63) is 61.3 Å². The Bertz CT molecular complexity index is 2190. The number of hydrogen-bond acceptors (Lipinski definition) is 7. The molecule has 0 bridgehead atoms. The lowest BCUT2D eigenvalue weighted by Crippen LogP contribution is -2.42. The SMILES string of the molecule is CC.CC.CC#N.CCC1CN(C(=O)NCC(F)(F)F)CC1c1cnc2cnc3c(ccn3C)n12.Cn1ccc2c(-c3cnn(CC4CCCC4)c3)ncnc21. The van der Waals surface area contributed by atoms with Gasteiger partial charge in [-0.2, -0.15) is 23.5 Å². The van der Waals surface area contributed by atoms with E-state index in [2.05, 4.69) is 42.0 Å². The molecular formula is C40H55F3N12O. The lowest BCUT2D eigenvalue weighted by Gasteiger charge is -2.18. The van der Waals surface area contributed by atoms with E-state index in [4.69, 9.17) is 5.26 Å². The Morgan fingerprint density at radius 3 is 2.30 bits per heavy atom. The monoisotopic (exact) mass is 776 g/mol. The Morgan fingerprint density at radius 2 is 1.62 bits per heavy atom. The van der Waals surface area contributed by atoms with E-state index in [0.29, 0.717) is 18.7 Å². The maximum absolute atomic E-state index is 12.4. The zero-order chi connectivity index (χ0) is 41.0. The Kier molecular flexibility index (Phi) is 15.4. The van der Waals surface area contributed by atoms with E-state index in [-0.39, 0.29) is 11.8 Å². The summed E-state index contributed by atoms with van der Waals surface area (Å²) in [5.74, 6) is 0.922. The molecule has 6 aromatic rings. The van der Waals surface area contributed by atoms with Crippen molar-refractivity contribution >= 4 is 33.9 Å². The molecule has 7 heterocycles. The van der Waals surface area contributed by atoms with E-state index < -0.39 is 18.8 Å². The number of urea groups is 1. The van der Waals surface area contributed by atoms with Crippen molar-refractivity contribution in [2.45, 2.75) is 92.3 Å². The third-order valence-corrected chi connectivity index (χ3v) is 9.94. The van der Waals surface area contributed by atoms with Gasteiger partial charge in [-0.25, -0.2) is 24.7 Å². The van der Waals surface area contributed by atoms with Gasteiger partial charge in [0.25, 0.3) is 0 Å². The second kappa shape index (κ2) is 19.9. The Balaban J connectivity index is 0.000000220.